The number of halogens is 1. The summed E-state index contributed by atoms with van der Waals surface area (Å²) in [6.07, 6.45) is 7.12. The number of hydrogen-bond donors (Lipinski definition) is 0. The molecule has 2 rings (SSSR count). The molecule has 2 aromatic rings. The summed E-state index contributed by atoms with van der Waals surface area (Å²) in [7, 11) is 1.96. The van der Waals surface area contributed by atoms with Crippen molar-refractivity contribution in [1.29, 1.82) is 0 Å². The number of pyridine rings is 1. The molecule has 2 heterocycles. The third kappa shape index (κ3) is 4.16. The van der Waals surface area contributed by atoms with Gasteiger partial charge < -0.3 is 28.7 Å². The highest BCUT2D eigenvalue weighted by Gasteiger charge is 2.19. The van der Waals surface area contributed by atoms with E-state index in [2.05, 4.69) is 24.2 Å². The van der Waals surface area contributed by atoms with Crippen LogP contribution in [0.2, 0.25) is 0 Å². The van der Waals surface area contributed by atoms with E-state index in [1.807, 2.05) is 36.1 Å². The number of nitrogens with zero attached hydrogens (tertiary/aromatic N) is 3. The average molecular weight is 389 g/mol. The second kappa shape index (κ2) is 8.18. The Bertz CT molecular complexity index is 531. The summed E-state index contributed by atoms with van der Waals surface area (Å²) >= 11 is 0. The van der Waals surface area contributed by atoms with Crippen LogP contribution in [-0.2, 0) is 7.05 Å². The molecule has 110 valence electrons. The number of hydrogen-bond acceptors (Lipinski definition) is 4. The predicted molar refractivity (Wildman–Crippen MR) is 70.5 cm³/mol. The van der Waals surface area contributed by atoms with E-state index in [0.29, 0.717) is 11.6 Å². The van der Waals surface area contributed by atoms with E-state index in [-0.39, 0.29) is 30.1 Å². The minimum Gasteiger partial charge on any atom is -1.00 e. The molecule has 1 atom stereocenters. The molecular formula is C14H20IN3O2. The molecular weight excluding hydrogens is 369 g/mol. The SMILES string of the molecule is CCCC(CC)Oc1nonc1-c1ccc[n+](C)c1.[I-]. The zero-order valence-electron chi connectivity index (χ0n) is 12.0. The monoisotopic (exact) mass is 389 g/mol. The van der Waals surface area contributed by atoms with Crippen LogP contribution in [0.1, 0.15) is 33.1 Å². The van der Waals surface area contributed by atoms with Gasteiger partial charge in [-0.15, -0.1) is 0 Å². The molecule has 0 aromatic carbocycles. The molecule has 0 aliphatic rings. The van der Waals surface area contributed by atoms with E-state index in [4.69, 9.17) is 9.37 Å². The van der Waals surface area contributed by atoms with E-state index >= 15 is 0 Å². The van der Waals surface area contributed by atoms with Crippen molar-refractivity contribution in [3.8, 4) is 17.1 Å². The van der Waals surface area contributed by atoms with Crippen LogP contribution in [0.15, 0.2) is 29.2 Å². The standard InChI is InChI=1S/C14H20N3O2.HI/c1-4-7-12(5-2)18-14-13(15-19-16-14)11-8-6-9-17(3)10-11;/h6,8-10,12H,4-5,7H2,1-3H3;1H/q+1;/p-1. The lowest BCUT2D eigenvalue weighted by Gasteiger charge is -2.14. The smallest absolute Gasteiger partial charge is 0.284 e. The molecule has 5 nitrogen and oxygen atoms in total. The molecule has 0 N–H and O–H groups in total. The Labute approximate surface area is 136 Å². The number of ether oxygens (including phenoxy) is 1. The van der Waals surface area contributed by atoms with Crippen molar-refractivity contribution in [2.75, 3.05) is 0 Å². The quantitative estimate of drug-likeness (QED) is 0.495. The van der Waals surface area contributed by atoms with E-state index in [9.17, 15) is 0 Å². The number of aryl methyl sites for hydroxylation is 1. The second-order valence-corrected chi connectivity index (χ2v) is 4.61. The first-order valence-corrected chi connectivity index (χ1v) is 6.69. The Hall–Kier alpha value is -1.18. The maximum atomic E-state index is 5.89. The molecule has 20 heavy (non-hydrogen) atoms. The van der Waals surface area contributed by atoms with Crippen LogP contribution in [0.5, 0.6) is 5.88 Å². The highest BCUT2D eigenvalue weighted by molar-refractivity contribution is 5.61. The van der Waals surface area contributed by atoms with Crippen LogP contribution >= 0.6 is 0 Å². The van der Waals surface area contributed by atoms with Gasteiger partial charge in [0, 0.05) is 6.07 Å². The second-order valence-electron chi connectivity index (χ2n) is 4.61. The van der Waals surface area contributed by atoms with Crippen molar-refractivity contribution in [3.05, 3.63) is 24.5 Å². The van der Waals surface area contributed by atoms with Gasteiger partial charge in [-0.25, -0.2) is 9.20 Å². The fourth-order valence-electron chi connectivity index (χ4n) is 1.99. The first-order valence-electron chi connectivity index (χ1n) is 6.69. The zero-order chi connectivity index (χ0) is 13.7. The normalized spacial score (nSPS) is 11.8. The summed E-state index contributed by atoms with van der Waals surface area (Å²) in [6, 6.07) is 3.92. The molecule has 2 aromatic heterocycles. The molecule has 0 spiro atoms. The first kappa shape index (κ1) is 16.9. The third-order valence-corrected chi connectivity index (χ3v) is 3.02. The van der Waals surface area contributed by atoms with Gasteiger partial charge in [-0.05, 0) is 29.2 Å². The molecule has 6 heteroatoms. The van der Waals surface area contributed by atoms with Gasteiger partial charge in [-0.3, -0.25) is 0 Å². The Morgan fingerprint density at radius 2 is 2.15 bits per heavy atom. The van der Waals surface area contributed by atoms with Crippen molar-refractivity contribution >= 4 is 0 Å². The highest BCUT2D eigenvalue weighted by Crippen LogP contribution is 2.26. The maximum absolute atomic E-state index is 5.89. The van der Waals surface area contributed by atoms with Crippen LogP contribution in [0.25, 0.3) is 11.3 Å². The minimum absolute atomic E-state index is 0. The van der Waals surface area contributed by atoms with Gasteiger partial charge >= 0.3 is 0 Å². The molecule has 0 bridgehead atoms. The van der Waals surface area contributed by atoms with Gasteiger partial charge in [-0.1, -0.05) is 20.3 Å². The van der Waals surface area contributed by atoms with Crippen molar-refractivity contribution in [2.24, 2.45) is 7.05 Å². The largest absolute Gasteiger partial charge is 1.00 e. The third-order valence-electron chi connectivity index (χ3n) is 3.02. The van der Waals surface area contributed by atoms with Crippen molar-refractivity contribution in [2.45, 2.75) is 39.2 Å². The number of rotatable bonds is 6. The Morgan fingerprint density at radius 3 is 2.80 bits per heavy atom. The molecule has 0 aliphatic heterocycles. The van der Waals surface area contributed by atoms with E-state index < -0.39 is 0 Å². The summed E-state index contributed by atoms with van der Waals surface area (Å²) in [4.78, 5) is 0. The van der Waals surface area contributed by atoms with E-state index in [1.165, 1.54) is 0 Å². The van der Waals surface area contributed by atoms with Crippen molar-refractivity contribution < 1.29 is 37.9 Å². The van der Waals surface area contributed by atoms with Gasteiger partial charge in [0.05, 0.1) is 5.56 Å². The van der Waals surface area contributed by atoms with Crippen molar-refractivity contribution in [3.63, 3.8) is 0 Å². The summed E-state index contributed by atoms with van der Waals surface area (Å²) in [5.41, 5.74) is 1.60. The highest BCUT2D eigenvalue weighted by atomic mass is 127. The number of aromatic nitrogens is 3. The van der Waals surface area contributed by atoms with Crippen LogP contribution in [-0.4, -0.2) is 16.4 Å². The van der Waals surface area contributed by atoms with Gasteiger partial charge in [0.1, 0.15) is 13.2 Å². The van der Waals surface area contributed by atoms with E-state index in [0.717, 1.165) is 24.8 Å². The molecule has 1 unspecified atom stereocenters. The van der Waals surface area contributed by atoms with Crippen LogP contribution in [0.4, 0.5) is 0 Å². The summed E-state index contributed by atoms with van der Waals surface area (Å²) in [5.74, 6) is 0.478. The van der Waals surface area contributed by atoms with Crippen LogP contribution < -0.4 is 33.3 Å². The van der Waals surface area contributed by atoms with Crippen LogP contribution in [0.3, 0.4) is 0 Å². The minimum atomic E-state index is 0. The average Bonchev–Trinajstić information content (AvgIpc) is 2.86. The maximum Gasteiger partial charge on any atom is 0.284 e. The Balaban J connectivity index is 0.00000200. The molecule has 0 saturated heterocycles. The summed E-state index contributed by atoms with van der Waals surface area (Å²) < 4.78 is 12.7. The van der Waals surface area contributed by atoms with Gasteiger partial charge in [0.2, 0.25) is 0 Å². The van der Waals surface area contributed by atoms with E-state index in [1.54, 1.807) is 0 Å². The van der Waals surface area contributed by atoms with Gasteiger partial charge in [-0.2, -0.15) is 0 Å². The zero-order valence-corrected chi connectivity index (χ0v) is 14.2. The predicted octanol–water partition coefficient (Wildman–Crippen LogP) is -0.477. The first-order chi connectivity index (χ1) is 9.24. The molecule has 0 amide bonds. The lowest BCUT2D eigenvalue weighted by molar-refractivity contribution is -0.671. The lowest BCUT2D eigenvalue weighted by Crippen LogP contribution is -3.00. The Morgan fingerprint density at radius 1 is 1.35 bits per heavy atom. The van der Waals surface area contributed by atoms with Crippen LogP contribution in [0, 0.1) is 0 Å². The topological polar surface area (TPSA) is 52.0 Å². The lowest BCUT2D eigenvalue weighted by atomic mass is 10.1. The fourth-order valence-corrected chi connectivity index (χ4v) is 1.99. The molecule has 0 fully saturated rings. The summed E-state index contributed by atoms with van der Waals surface area (Å²) in [5, 5.41) is 7.83. The molecule has 0 aliphatic carbocycles. The Kier molecular flexibility index (Phi) is 6.90. The summed E-state index contributed by atoms with van der Waals surface area (Å²) in [6.45, 7) is 4.25. The van der Waals surface area contributed by atoms with Crippen molar-refractivity contribution in [1.82, 2.24) is 10.3 Å². The molecule has 0 radical (unpaired) electrons. The molecule has 0 saturated carbocycles. The van der Waals surface area contributed by atoms with Gasteiger partial charge in [0.25, 0.3) is 5.88 Å². The van der Waals surface area contributed by atoms with Gasteiger partial charge in [0.15, 0.2) is 18.1 Å². The fraction of sp³-hybridized carbons (Fsp3) is 0.500.